The van der Waals surface area contributed by atoms with Crippen molar-refractivity contribution in [2.45, 2.75) is 19.4 Å². The summed E-state index contributed by atoms with van der Waals surface area (Å²) in [6, 6.07) is 0.147. The molecule has 1 heterocycles. The number of carbonyl (C=O) groups is 1. The number of nitrogens with two attached hydrogens (primary N) is 1. The largest absolute Gasteiger partial charge is 0.492 e. The molecule has 0 aromatic carbocycles. The molecule has 0 saturated carbocycles. The van der Waals surface area contributed by atoms with Crippen LogP contribution in [0.15, 0.2) is 0 Å². The Balaban J connectivity index is 3.07. The van der Waals surface area contributed by atoms with Crippen LogP contribution in [0.3, 0.4) is 0 Å². The van der Waals surface area contributed by atoms with Crippen LogP contribution in [0, 0.1) is 0 Å². The van der Waals surface area contributed by atoms with Crippen molar-refractivity contribution in [3.8, 4) is 5.75 Å². The maximum Gasteiger partial charge on any atom is 0.265 e. The highest BCUT2D eigenvalue weighted by atomic mass is 32.1. The van der Waals surface area contributed by atoms with E-state index < -0.39 is 0 Å². The summed E-state index contributed by atoms with van der Waals surface area (Å²) in [7, 11) is 6.60. The molecular weight excluding hydrogens is 278 g/mol. The van der Waals surface area contributed by atoms with Gasteiger partial charge in [0.2, 0.25) is 0 Å². The van der Waals surface area contributed by atoms with E-state index in [4.69, 9.17) is 15.2 Å². The summed E-state index contributed by atoms with van der Waals surface area (Å²) in [5.41, 5.74) is 6.39. The van der Waals surface area contributed by atoms with E-state index in [0.29, 0.717) is 22.9 Å². The van der Waals surface area contributed by atoms with Crippen molar-refractivity contribution in [1.29, 1.82) is 0 Å². The lowest BCUT2D eigenvalue weighted by Gasteiger charge is -2.16. The van der Waals surface area contributed by atoms with Crippen LogP contribution >= 0.6 is 11.3 Å². The number of nitrogens with zero attached hydrogens (tertiary/aromatic N) is 1. The molecular formula is C13H23N3O3S. The molecule has 6 nitrogen and oxygen atoms in total. The van der Waals surface area contributed by atoms with E-state index in [1.807, 2.05) is 0 Å². The first kappa shape index (κ1) is 16.6. The summed E-state index contributed by atoms with van der Waals surface area (Å²) < 4.78 is 10.5. The number of hydrogen-bond donors (Lipinski definition) is 2. The van der Waals surface area contributed by atoms with Crippen molar-refractivity contribution in [2.24, 2.45) is 0 Å². The zero-order valence-electron chi connectivity index (χ0n) is 12.6. The van der Waals surface area contributed by atoms with E-state index in [1.54, 1.807) is 28.3 Å². The molecule has 0 spiro atoms. The summed E-state index contributed by atoms with van der Waals surface area (Å²) in [5, 5.41) is 4.08. The summed E-state index contributed by atoms with van der Waals surface area (Å²) in [4.78, 5) is 14.1. The first-order valence-corrected chi connectivity index (χ1v) is 7.21. The molecule has 0 radical (unpaired) electrons. The molecule has 1 aromatic heterocycles. The number of methoxy groups -OCH3 is 2. The van der Waals surface area contributed by atoms with Crippen LogP contribution in [-0.2, 0) is 4.74 Å². The maximum atomic E-state index is 12.1. The van der Waals surface area contributed by atoms with Gasteiger partial charge in [-0.25, -0.2) is 0 Å². The molecule has 1 aromatic rings. The van der Waals surface area contributed by atoms with Gasteiger partial charge in [0.25, 0.3) is 5.91 Å². The van der Waals surface area contributed by atoms with Gasteiger partial charge < -0.3 is 25.4 Å². The Morgan fingerprint density at radius 1 is 1.45 bits per heavy atom. The first-order valence-electron chi connectivity index (χ1n) is 6.39. The number of anilines is 2. The van der Waals surface area contributed by atoms with Crippen molar-refractivity contribution >= 4 is 27.9 Å². The highest BCUT2D eigenvalue weighted by molar-refractivity contribution is 7.19. The molecule has 0 aliphatic heterocycles. The maximum absolute atomic E-state index is 12.1. The van der Waals surface area contributed by atoms with Gasteiger partial charge >= 0.3 is 0 Å². The van der Waals surface area contributed by atoms with Gasteiger partial charge in [-0.3, -0.25) is 4.79 Å². The molecule has 1 unspecified atom stereocenters. The number of hydrogen-bond acceptors (Lipinski definition) is 6. The summed E-state index contributed by atoms with van der Waals surface area (Å²) >= 11 is 1.31. The molecule has 0 saturated heterocycles. The monoisotopic (exact) mass is 301 g/mol. The molecule has 20 heavy (non-hydrogen) atoms. The smallest absolute Gasteiger partial charge is 0.265 e. The normalized spacial score (nSPS) is 12.1. The van der Waals surface area contributed by atoms with Gasteiger partial charge in [-0.1, -0.05) is 6.92 Å². The quantitative estimate of drug-likeness (QED) is 0.804. The molecule has 3 N–H and O–H groups in total. The Labute approximate surface area is 123 Å². The fourth-order valence-electron chi connectivity index (χ4n) is 1.74. The summed E-state index contributed by atoms with van der Waals surface area (Å²) in [5.74, 6) is 0.397. The van der Waals surface area contributed by atoms with Crippen LogP contribution in [0.4, 0.5) is 10.7 Å². The minimum atomic E-state index is -0.126. The Bertz CT molecular complexity index is 460. The SMILES string of the molecule is CCC(COC)Nc1sc(C(=O)N(C)C)c(N)c1OC. The molecule has 1 rings (SSSR count). The topological polar surface area (TPSA) is 76.8 Å². The second kappa shape index (κ2) is 7.35. The number of thiophene rings is 1. The third-order valence-corrected chi connectivity index (χ3v) is 4.01. The third-order valence-electron chi connectivity index (χ3n) is 2.90. The number of nitrogens with one attached hydrogen (secondary N) is 1. The summed E-state index contributed by atoms with van der Waals surface area (Å²) in [6.07, 6.45) is 0.895. The predicted molar refractivity (Wildman–Crippen MR) is 82.9 cm³/mol. The van der Waals surface area contributed by atoms with E-state index in [0.717, 1.165) is 11.4 Å². The highest BCUT2D eigenvalue weighted by Gasteiger charge is 2.24. The third kappa shape index (κ3) is 3.55. The fraction of sp³-hybridized carbons (Fsp3) is 0.615. The fourth-order valence-corrected chi connectivity index (χ4v) is 2.92. The van der Waals surface area contributed by atoms with Crippen molar-refractivity contribution in [1.82, 2.24) is 4.90 Å². The Morgan fingerprint density at radius 3 is 2.55 bits per heavy atom. The second-order valence-electron chi connectivity index (χ2n) is 4.61. The average molecular weight is 301 g/mol. The molecule has 0 aliphatic carbocycles. The van der Waals surface area contributed by atoms with E-state index >= 15 is 0 Å². The lowest BCUT2D eigenvalue weighted by atomic mass is 10.2. The molecule has 114 valence electrons. The standard InChI is InChI=1S/C13H23N3O3S/c1-6-8(7-18-4)15-12-10(19-5)9(14)11(20-12)13(17)16(2)3/h8,15H,6-7,14H2,1-5H3. The van der Waals surface area contributed by atoms with Gasteiger partial charge in [0.1, 0.15) is 15.6 Å². The molecule has 0 fully saturated rings. The van der Waals surface area contributed by atoms with Crippen LogP contribution in [0.1, 0.15) is 23.0 Å². The van der Waals surface area contributed by atoms with Crippen LogP contribution in [0.5, 0.6) is 5.75 Å². The minimum Gasteiger partial charge on any atom is -0.492 e. The molecule has 7 heteroatoms. The van der Waals surface area contributed by atoms with Gasteiger partial charge in [0.15, 0.2) is 5.75 Å². The Morgan fingerprint density at radius 2 is 2.10 bits per heavy atom. The highest BCUT2D eigenvalue weighted by Crippen LogP contribution is 2.43. The zero-order chi connectivity index (χ0) is 15.3. The molecule has 1 atom stereocenters. The van der Waals surface area contributed by atoms with Crippen LogP contribution in [0.2, 0.25) is 0 Å². The van der Waals surface area contributed by atoms with E-state index in [1.165, 1.54) is 16.2 Å². The van der Waals surface area contributed by atoms with Crippen LogP contribution in [0.25, 0.3) is 0 Å². The van der Waals surface area contributed by atoms with Gasteiger partial charge in [-0.2, -0.15) is 0 Å². The van der Waals surface area contributed by atoms with Crippen molar-refractivity contribution < 1.29 is 14.3 Å². The molecule has 1 amide bonds. The molecule has 0 bridgehead atoms. The van der Waals surface area contributed by atoms with Gasteiger partial charge in [-0.15, -0.1) is 11.3 Å². The van der Waals surface area contributed by atoms with Gasteiger partial charge in [0.05, 0.1) is 19.8 Å². The second-order valence-corrected chi connectivity index (χ2v) is 5.63. The van der Waals surface area contributed by atoms with E-state index in [-0.39, 0.29) is 11.9 Å². The predicted octanol–water partition coefficient (Wildman–Crippen LogP) is 1.88. The van der Waals surface area contributed by atoms with Gasteiger partial charge in [-0.05, 0) is 6.42 Å². The zero-order valence-corrected chi connectivity index (χ0v) is 13.5. The Hall–Kier alpha value is -1.47. The average Bonchev–Trinajstić information content (AvgIpc) is 2.73. The van der Waals surface area contributed by atoms with Gasteiger partial charge in [0, 0.05) is 21.2 Å². The number of rotatable bonds is 7. The number of nitrogen functional groups attached to an aromatic ring is 1. The van der Waals surface area contributed by atoms with Crippen molar-refractivity contribution in [3.63, 3.8) is 0 Å². The lowest BCUT2D eigenvalue weighted by molar-refractivity contribution is 0.0833. The van der Waals surface area contributed by atoms with Crippen molar-refractivity contribution in [2.75, 3.05) is 46.0 Å². The van der Waals surface area contributed by atoms with Crippen molar-refractivity contribution in [3.05, 3.63) is 4.88 Å². The Kier molecular flexibility index (Phi) is 6.09. The number of ether oxygens (including phenoxy) is 2. The minimum absolute atomic E-state index is 0.126. The molecule has 0 aliphatic rings. The lowest BCUT2D eigenvalue weighted by Crippen LogP contribution is -2.23. The number of amides is 1. The van der Waals surface area contributed by atoms with E-state index in [2.05, 4.69) is 12.2 Å². The summed E-state index contributed by atoms with van der Waals surface area (Å²) in [6.45, 7) is 2.64. The number of carbonyl (C=O) groups excluding carboxylic acids is 1. The van der Waals surface area contributed by atoms with E-state index in [9.17, 15) is 4.79 Å². The first-order chi connectivity index (χ1) is 9.46. The van der Waals surface area contributed by atoms with Crippen LogP contribution in [-0.4, -0.2) is 51.8 Å². The van der Waals surface area contributed by atoms with Crippen LogP contribution < -0.4 is 15.8 Å².